The Kier molecular flexibility index (Phi) is 4.31. The number of nitrogens with zero attached hydrogens (tertiary/aromatic N) is 1. The number of allylic oxidation sites excluding steroid dienone is 1. The summed E-state index contributed by atoms with van der Waals surface area (Å²) in [5.41, 5.74) is 0.762. The van der Waals surface area contributed by atoms with Crippen LogP contribution in [0, 0.1) is 0 Å². The van der Waals surface area contributed by atoms with Crippen molar-refractivity contribution in [3.63, 3.8) is 0 Å². The number of carbonyl (C=O) groups is 3. The molecule has 0 aromatic carbocycles. The highest BCUT2D eigenvalue weighted by Gasteiger charge is 2.44. The zero-order valence-corrected chi connectivity index (χ0v) is 14.3. The Hall–Kier alpha value is -2.35. The maximum atomic E-state index is 12.5. The molecule has 0 unspecified atom stereocenters. The first-order valence-corrected chi connectivity index (χ1v) is 8.18. The minimum Gasteiger partial charge on any atom is -0.500 e. The van der Waals surface area contributed by atoms with Crippen LogP contribution in [0.5, 0.6) is 0 Å². The number of amides is 1. The molecule has 1 aliphatic carbocycles. The van der Waals surface area contributed by atoms with E-state index >= 15 is 0 Å². The van der Waals surface area contributed by atoms with Crippen LogP contribution in [-0.2, 0) is 14.2 Å². The molecule has 0 fully saturated rings. The maximum Gasteiger partial charge on any atom is 0.413 e. The standard InChI is InChI=1S/C16H17NO6S/c1-21-8-4-9-10-5-13(15(19)22-2)24-14(10)12(18)6-11(9)17(7-8)16(20)23-3/h5,7,9,11H,4,6H2,1-3H3/t9-,11+/m1/s1. The summed E-state index contributed by atoms with van der Waals surface area (Å²) in [5.74, 6) is -0.0735. The van der Waals surface area contributed by atoms with Gasteiger partial charge in [-0.1, -0.05) is 0 Å². The molecule has 2 heterocycles. The Labute approximate surface area is 142 Å². The van der Waals surface area contributed by atoms with E-state index in [1.807, 2.05) is 0 Å². The summed E-state index contributed by atoms with van der Waals surface area (Å²) < 4.78 is 14.9. The molecule has 1 amide bonds. The summed E-state index contributed by atoms with van der Waals surface area (Å²) in [6.45, 7) is 0. The summed E-state index contributed by atoms with van der Waals surface area (Å²) in [5, 5.41) is 0. The van der Waals surface area contributed by atoms with Gasteiger partial charge in [0.15, 0.2) is 5.78 Å². The molecule has 8 heteroatoms. The van der Waals surface area contributed by atoms with Crippen LogP contribution in [0.4, 0.5) is 4.79 Å². The molecule has 3 rings (SSSR count). The minimum absolute atomic E-state index is 0.0884. The van der Waals surface area contributed by atoms with Gasteiger partial charge >= 0.3 is 12.1 Å². The number of fused-ring (bicyclic) bond motifs is 3. The summed E-state index contributed by atoms with van der Waals surface area (Å²) in [6.07, 6.45) is 1.77. The van der Waals surface area contributed by atoms with Gasteiger partial charge < -0.3 is 14.2 Å². The number of Topliss-reactive ketones (excluding diaryl/α,β-unsaturated/α-hetero) is 1. The summed E-state index contributed by atoms with van der Waals surface area (Å²) in [6, 6.07) is 1.34. The number of ether oxygens (including phenoxy) is 3. The van der Waals surface area contributed by atoms with E-state index in [0.29, 0.717) is 21.9 Å². The predicted molar refractivity (Wildman–Crippen MR) is 85.1 cm³/mol. The third-order valence-electron chi connectivity index (χ3n) is 4.37. The minimum atomic E-state index is -0.543. The van der Waals surface area contributed by atoms with Crippen molar-refractivity contribution in [1.82, 2.24) is 4.90 Å². The van der Waals surface area contributed by atoms with Crippen molar-refractivity contribution in [3.8, 4) is 0 Å². The monoisotopic (exact) mass is 351 g/mol. The van der Waals surface area contributed by atoms with Gasteiger partial charge in [0.2, 0.25) is 0 Å². The van der Waals surface area contributed by atoms with Crippen molar-refractivity contribution in [2.75, 3.05) is 21.3 Å². The van der Waals surface area contributed by atoms with Crippen molar-refractivity contribution < 1.29 is 28.6 Å². The number of carbonyl (C=O) groups excluding carboxylic acids is 3. The topological polar surface area (TPSA) is 82.1 Å². The third-order valence-corrected chi connectivity index (χ3v) is 5.54. The Morgan fingerprint density at radius 1 is 1.21 bits per heavy atom. The molecule has 2 aliphatic rings. The molecule has 1 aromatic heterocycles. The highest BCUT2D eigenvalue weighted by molar-refractivity contribution is 7.16. The maximum absolute atomic E-state index is 12.5. The highest BCUT2D eigenvalue weighted by atomic mass is 32.1. The molecule has 0 radical (unpaired) electrons. The number of ketones is 1. The molecular weight excluding hydrogens is 334 g/mol. The van der Waals surface area contributed by atoms with E-state index in [-0.39, 0.29) is 24.2 Å². The molecule has 0 spiro atoms. The van der Waals surface area contributed by atoms with Crippen molar-refractivity contribution in [2.45, 2.75) is 24.8 Å². The van der Waals surface area contributed by atoms with Gasteiger partial charge in [0.1, 0.15) is 10.6 Å². The molecule has 1 aliphatic heterocycles. The molecule has 0 saturated carbocycles. The van der Waals surface area contributed by atoms with Crippen LogP contribution in [0.1, 0.15) is 43.7 Å². The summed E-state index contributed by atoms with van der Waals surface area (Å²) in [7, 11) is 4.13. The van der Waals surface area contributed by atoms with Gasteiger partial charge in [-0.05, 0) is 11.6 Å². The lowest BCUT2D eigenvalue weighted by molar-refractivity contribution is 0.0605. The van der Waals surface area contributed by atoms with Gasteiger partial charge in [-0.25, -0.2) is 9.59 Å². The number of esters is 1. The lowest BCUT2D eigenvalue weighted by Crippen LogP contribution is -2.46. The molecule has 7 nitrogen and oxygen atoms in total. The largest absolute Gasteiger partial charge is 0.500 e. The Morgan fingerprint density at radius 3 is 2.58 bits per heavy atom. The number of thiophene rings is 1. The van der Waals surface area contributed by atoms with Gasteiger partial charge in [-0.15, -0.1) is 11.3 Å². The fraction of sp³-hybridized carbons (Fsp3) is 0.438. The lowest BCUT2D eigenvalue weighted by Gasteiger charge is -2.40. The van der Waals surface area contributed by atoms with Gasteiger partial charge in [-0.2, -0.15) is 0 Å². The van der Waals surface area contributed by atoms with Crippen LogP contribution in [0.15, 0.2) is 18.0 Å². The second-order valence-electron chi connectivity index (χ2n) is 5.57. The molecule has 2 atom stereocenters. The molecule has 0 bridgehead atoms. The second-order valence-corrected chi connectivity index (χ2v) is 6.62. The third kappa shape index (κ3) is 2.56. The second kappa shape index (κ2) is 6.27. The SMILES string of the molecule is COC(=O)c1cc2c(s1)C(=O)C[C@H]1[C@@H]2CC(OC)=CN1C(=O)OC. The lowest BCUT2D eigenvalue weighted by atomic mass is 9.78. The van der Waals surface area contributed by atoms with Crippen LogP contribution >= 0.6 is 11.3 Å². The first kappa shape index (κ1) is 16.5. The number of hydrogen-bond acceptors (Lipinski definition) is 7. The zero-order valence-electron chi connectivity index (χ0n) is 13.5. The van der Waals surface area contributed by atoms with E-state index in [0.717, 1.165) is 16.9 Å². The van der Waals surface area contributed by atoms with Gasteiger partial charge in [0.25, 0.3) is 0 Å². The van der Waals surface area contributed by atoms with E-state index in [2.05, 4.69) is 0 Å². The Bertz CT molecular complexity index is 737. The van der Waals surface area contributed by atoms with E-state index < -0.39 is 12.1 Å². The summed E-state index contributed by atoms with van der Waals surface area (Å²) in [4.78, 5) is 38.7. The van der Waals surface area contributed by atoms with Crippen molar-refractivity contribution in [3.05, 3.63) is 33.3 Å². The average Bonchev–Trinajstić information content (AvgIpc) is 3.06. The highest BCUT2D eigenvalue weighted by Crippen LogP contribution is 2.45. The molecule has 24 heavy (non-hydrogen) atoms. The van der Waals surface area contributed by atoms with E-state index in [4.69, 9.17) is 14.2 Å². The van der Waals surface area contributed by atoms with Gasteiger partial charge in [-0.3, -0.25) is 9.69 Å². The zero-order chi connectivity index (χ0) is 17.4. The average molecular weight is 351 g/mol. The van der Waals surface area contributed by atoms with Gasteiger partial charge in [0, 0.05) is 25.0 Å². The predicted octanol–water partition coefficient (Wildman–Crippen LogP) is 2.53. The first-order chi connectivity index (χ1) is 11.5. The van der Waals surface area contributed by atoms with Crippen LogP contribution in [0.25, 0.3) is 0 Å². The summed E-state index contributed by atoms with van der Waals surface area (Å²) >= 11 is 1.14. The Morgan fingerprint density at radius 2 is 1.96 bits per heavy atom. The molecule has 0 saturated heterocycles. The smallest absolute Gasteiger partial charge is 0.413 e. The van der Waals surface area contributed by atoms with Crippen molar-refractivity contribution in [1.29, 1.82) is 0 Å². The number of rotatable bonds is 2. The first-order valence-electron chi connectivity index (χ1n) is 7.36. The Balaban J connectivity index is 2.05. The van der Waals surface area contributed by atoms with Crippen molar-refractivity contribution >= 4 is 29.2 Å². The van der Waals surface area contributed by atoms with E-state index in [1.54, 1.807) is 12.3 Å². The molecule has 0 N–H and O–H groups in total. The fourth-order valence-electron chi connectivity index (χ4n) is 3.22. The van der Waals surface area contributed by atoms with E-state index in [1.165, 1.54) is 26.2 Å². The van der Waals surface area contributed by atoms with Crippen LogP contribution in [-0.4, -0.2) is 50.1 Å². The fourth-order valence-corrected chi connectivity index (χ4v) is 4.32. The number of methoxy groups -OCH3 is 3. The van der Waals surface area contributed by atoms with Crippen molar-refractivity contribution in [2.24, 2.45) is 0 Å². The molecule has 1 aromatic rings. The van der Waals surface area contributed by atoms with Crippen LogP contribution in [0.3, 0.4) is 0 Å². The molecule has 128 valence electrons. The van der Waals surface area contributed by atoms with Crippen LogP contribution in [0.2, 0.25) is 0 Å². The quantitative estimate of drug-likeness (QED) is 0.762. The van der Waals surface area contributed by atoms with Crippen LogP contribution < -0.4 is 0 Å². The normalized spacial score (nSPS) is 22.2. The number of hydrogen-bond donors (Lipinski definition) is 0. The van der Waals surface area contributed by atoms with Gasteiger partial charge in [0.05, 0.1) is 32.2 Å². The van der Waals surface area contributed by atoms with E-state index in [9.17, 15) is 14.4 Å². The molecular formula is C16H17NO6S.